The number of aromatic nitrogens is 1. The molecule has 2 aromatic heterocycles. The lowest BCUT2D eigenvalue weighted by Crippen LogP contribution is -2.44. The van der Waals surface area contributed by atoms with Crippen molar-refractivity contribution in [3.63, 3.8) is 0 Å². The average Bonchev–Trinajstić information content (AvgIpc) is 3.25. The lowest BCUT2D eigenvalue weighted by Gasteiger charge is -2.33. The Morgan fingerprint density at radius 2 is 2.12 bits per heavy atom. The Bertz CT molecular complexity index is 702. The Morgan fingerprint density at radius 3 is 2.79 bits per heavy atom. The third kappa shape index (κ3) is 3.67. The largest absolute Gasteiger partial charge is 0.481 e. The molecule has 0 saturated heterocycles. The summed E-state index contributed by atoms with van der Waals surface area (Å²) in [6, 6.07) is 3.81. The van der Waals surface area contributed by atoms with Crippen LogP contribution in [0.3, 0.4) is 0 Å². The summed E-state index contributed by atoms with van der Waals surface area (Å²) in [6.45, 7) is 0.177. The normalized spacial score (nSPS) is 16.7. The first-order valence-electron chi connectivity index (χ1n) is 8.07. The van der Waals surface area contributed by atoms with Crippen molar-refractivity contribution in [1.82, 2.24) is 10.3 Å². The third-order valence-electron chi connectivity index (χ3n) is 4.51. The minimum absolute atomic E-state index is 0.0879. The molecular formula is C17H20N2O4S. The molecule has 1 fully saturated rings. The van der Waals surface area contributed by atoms with E-state index >= 15 is 0 Å². The molecule has 0 aromatic carbocycles. The molecule has 2 N–H and O–H groups in total. The van der Waals surface area contributed by atoms with E-state index in [1.807, 2.05) is 17.5 Å². The summed E-state index contributed by atoms with van der Waals surface area (Å²) in [6.07, 6.45) is 5.66. The zero-order chi connectivity index (χ0) is 17.0. The second-order valence-corrected chi connectivity index (χ2v) is 7.17. The van der Waals surface area contributed by atoms with E-state index in [0.29, 0.717) is 24.4 Å². The number of nitrogens with one attached hydrogen (secondary N) is 1. The predicted molar refractivity (Wildman–Crippen MR) is 89.7 cm³/mol. The number of hydrogen-bond acceptors (Lipinski definition) is 5. The van der Waals surface area contributed by atoms with E-state index in [2.05, 4.69) is 10.3 Å². The van der Waals surface area contributed by atoms with Gasteiger partial charge in [-0.2, -0.15) is 0 Å². The van der Waals surface area contributed by atoms with Gasteiger partial charge in [-0.15, -0.1) is 11.3 Å². The number of carbonyl (C=O) groups excluding carboxylic acids is 1. The molecule has 0 radical (unpaired) electrons. The first-order chi connectivity index (χ1) is 11.6. The SMILES string of the molecule is O=C(Cc1coc(-c2cccs2)n1)NCC1(C(=O)O)CCCCC1. The molecule has 1 aliphatic rings. The fourth-order valence-corrected chi connectivity index (χ4v) is 3.75. The quantitative estimate of drug-likeness (QED) is 0.837. The molecule has 128 valence electrons. The molecule has 24 heavy (non-hydrogen) atoms. The summed E-state index contributed by atoms with van der Waals surface area (Å²) >= 11 is 1.52. The van der Waals surface area contributed by atoms with Crippen molar-refractivity contribution >= 4 is 23.2 Å². The molecule has 0 bridgehead atoms. The van der Waals surface area contributed by atoms with Gasteiger partial charge in [0.25, 0.3) is 0 Å². The smallest absolute Gasteiger partial charge is 0.311 e. The lowest BCUT2D eigenvalue weighted by molar-refractivity contribution is -0.151. The molecule has 1 amide bonds. The van der Waals surface area contributed by atoms with Crippen LogP contribution in [-0.2, 0) is 16.0 Å². The van der Waals surface area contributed by atoms with Crippen molar-refractivity contribution in [2.75, 3.05) is 6.54 Å². The molecule has 2 aromatic rings. The van der Waals surface area contributed by atoms with Gasteiger partial charge in [-0.3, -0.25) is 9.59 Å². The van der Waals surface area contributed by atoms with Crippen LogP contribution >= 0.6 is 11.3 Å². The van der Waals surface area contributed by atoms with Crippen molar-refractivity contribution in [1.29, 1.82) is 0 Å². The first kappa shape index (κ1) is 16.7. The standard InChI is InChI=1S/C17H20N2O4S/c20-14(18-11-17(16(21)22)6-2-1-3-7-17)9-12-10-23-15(19-12)13-5-4-8-24-13/h4-5,8,10H,1-3,6-7,9,11H2,(H,18,20)(H,21,22). The van der Waals surface area contributed by atoms with Crippen molar-refractivity contribution in [3.8, 4) is 10.8 Å². The number of carbonyl (C=O) groups is 2. The van der Waals surface area contributed by atoms with Crippen LogP contribution in [0.25, 0.3) is 10.8 Å². The van der Waals surface area contributed by atoms with Gasteiger partial charge < -0.3 is 14.8 Å². The maximum Gasteiger partial charge on any atom is 0.311 e. The van der Waals surface area contributed by atoms with Gasteiger partial charge in [0, 0.05) is 6.54 Å². The number of carboxylic acid groups (broad SMARTS) is 1. The summed E-state index contributed by atoms with van der Waals surface area (Å²) in [5, 5.41) is 14.2. The van der Waals surface area contributed by atoms with Crippen LogP contribution in [0.4, 0.5) is 0 Å². The van der Waals surface area contributed by atoms with E-state index in [4.69, 9.17) is 4.42 Å². The van der Waals surface area contributed by atoms with E-state index in [1.165, 1.54) is 17.6 Å². The van der Waals surface area contributed by atoms with Crippen molar-refractivity contribution in [2.45, 2.75) is 38.5 Å². The van der Waals surface area contributed by atoms with Crippen LogP contribution in [0.2, 0.25) is 0 Å². The molecule has 1 aliphatic carbocycles. The van der Waals surface area contributed by atoms with Crippen LogP contribution < -0.4 is 5.32 Å². The number of amides is 1. The molecular weight excluding hydrogens is 328 g/mol. The number of aliphatic carboxylic acids is 1. The zero-order valence-corrected chi connectivity index (χ0v) is 14.1. The fraction of sp³-hybridized carbons (Fsp3) is 0.471. The van der Waals surface area contributed by atoms with Crippen molar-refractivity contribution in [2.24, 2.45) is 5.41 Å². The molecule has 6 nitrogen and oxygen atoms in total. The Kier molecular flexibility index (Phi) is 4.99. The molecule has 1 saturated carbocycles. The van der Waals surface area contributed by atoms with Gasteiger partial charge in [0.1, 0.15) is 6.26 Å². The highest BCUT2D eigenvalue weighted by atomic mass is 32.1. The Balaban J connectivity index is 1.56. The van der Waals surface area contributed by atoms with Gasteiger partial charge in [-0.25, -0.2) is 4.98 Å². The number of nitrogens with zero attached hydrogens (tertiary/aromatic N) is 1. The van der Waals surface area contributed by atoms with Gasteiger partial charge in [0.15, 0.2) is 0 Å². The molecule has 7 heteroatoms. The Labute approximate surface area is 143 Å². The first-order valence-corrected chi connectivity index (χ1v) is 8.95. The van der Waals surface area contributed by atoms with E-state index < -0.39 is 11.4 Å². The van der Waals surface area contributed by atoms with Crippen LogP contribution in [0.5, 0.6) is 0 Å². The number of rotatable bonds is 6. The Morgan fingerprint density at radius 1 is 1.33 bits per heavy atom. The number of thiophene rings is 1. The molecule has 2 heterocycles. The molecule has 0 unspecified atom stereocenters. The zero-order valence-electron chi connectivity index (χ0n) is 13.3. The maximum absolute atomic E-state index is 12.1. The fourth-order valence-electron chi connectivity index (χ4n) is 3.09. The van der Waals surface area contributed by atoms with Crippen molar-refractivity contribution < 1.29 is 19.1 Å². The third-order valence-corrected chi connectivity index (χ3v) is 5.37. The topological polar surface area (TPSA) is 92.4 Å². The highest BCUT2D eigenvalue weighted by Gasteiger charge is 2.39. The summed E-state index contributed by atoms with van der Waals surface area (Å²) in [5.41, 5.74) is -0.274. The second-order valence-electron chi connectivity index (χ2n) is 6.22. The summed E-state index contributed by atoms with van der Waals surface area (Å²) < 4.78 is 5.39. The van der Waals surface area contributed by atoms with E-state index in [0.717, 1.165) is 24.1 Å². The molecule has 0 atom stereocenters. The van der Waals surface area contributed by atoms with Gasteiger partial charge in [-0.05, 0) is 24.3 Å². The number of hydrogen-bond donors (Lipinski definition) is 2. The van der Waals surface area contributed by atoms with Gasteiger partial charge in [0.2, 0.25) is 11.8 Å². The predicted octanol–water partition coefficient (Wildman–Crippen LogP) is 3.10. The van der Waals surface area contributed by atoms with Crippen LogP contribution in [0, 0.1) is 5.41 Å². The highest BCUT2D eigenvalue weighted by Crippen LogP contribution is 2.36. The molecule has 3 rings (SSSR count). The van der Waals surface area contributed by atoms with Crippen molar-refractivity contribution in [3.05, 3.63) is 29.5 Å². The van der Waals surface area contributed by atoms with E-state index in [-0.39, 0.29) is 18.9 Å². The minimum atomic E-state index is -0.820. The highest BCUT2D eigenvalue weighted by molar-refractivity contribution is 7.13. The second kappa shape index (κ2) is 7.17. The Hall–Kier alpha value is -2.15. The van der Waals surface area contributed by atoms with Gasteiger partial charge >= 0.3 is 5.97 Å². The summed E-state index contributed by atoms with van der Waals surface area (Å²) in [5.74, 6) is -0.543. The van der Waals surface area contributed by atoms with Gasteiger partial charge in [0.05, 0.1) is 22.4 Å². The average molecular weight is 348 g/mol. The lowest BCUT2D eigenvalue weighted by atomic mass is 9.74. The summed E-state index contributed by atoms with van der Waals surface area (Å²) in [4.78, 5) is 29.0. The van der Waals surface area contributed by atoms with Crippen LogP contribution in [0.15, 0.2) is 28.2 Å². The molecule has 0 aliphatic heterocycles. The van der Waals surface area contributed by atoms with Gasteiger partial charge in [-0.1, -0.05) is 25.3 Å². The summed E-state index contributed by atoms with van der Waals surface area (Å²) in [7, 11) is 0. The number of oxazole rings is 1. The van der Waals surface area contributed by atoms with Crippen LogP contribution in [-0.4, -0.2) is 28.5 Å². The van der Waals surface area contributed by atoms with Crippen LogP contribution in [0.1, 0.15) is 37.8 Å². The maximum atomic E-state index is 12.1. The minimum Gasteiger partial charge on any atom is -0.481 e. The monoisotopic (exact) mass is 348 g/mol. The number of carboxylic acids is 1. The molecule has 0 spiro atoms. The van der Waals surface area contributed by atoms with E-state index in [1.54, 1.807) is 0 Å². The van der Waals surface area contributed by atoms with E-state index in [9.17, 15) is 14.7 Å².